The number of hydrogen-bond donors (Lipinski definition) is 0. The van der Waals surface area contributed by atoms with Crippen molar-refractivity contribution >= 4 is 29.4 Å². The van der Waals surface area contributed by atoms with Crippen LogP contribution in [0, 0.1) is 0 Å². The molecule has 0 heterocycles. The Morgan fingerprint density at radius 3 is 1.24 bits per heavy atom. The number of nitrogens with zero attached hydrogens (tertiary/aromatic N) is 2. The Morgan fingerprint density at radius 1 is 0.697 bits per heavy atom. The maximum atomic E-state index is 6.95. The monoisotopic (exact) mass is 595 g/mol. The van der Waals surface area contributed by atoms with Gasteiger partial charge in [-0.15, -0.1) is 12.4 Å². The van der Waals surface area contributed by atoms with Crippen molar-refractivity contribution in [2.45, 2.75) is 138 Å². The number of allylic oxidation sites excluding steroid dienone is 4. The molecule has 0 aromatic rings. The minimum atomic E-state index is -2.67. The molecule has 0 saturated heterocycles. The van der Waals surface area contributed by atoms with Gasteiger partial charge in [0.15, 0.2) is 0 Å². The molecule has 0 N–H and O–H groups in total. The van der Waals surface area contributed by atoms with Gasteiger partial charge in [0.05, 0.1) is 0 Å². The van der Waals surface area contributed by atoms with Crippen LogP contribution in [0.5, 0.6) is 0 Å². The summed E-state index contributed by atoms with van der Waals surface area (Å²) >= 11 is -2.67. The summed E-state index contributed by atoms with van der Waals surface area (Å²) in [5.41, 5.74) is -0.321. The van der Waals surface area contributed by atoms with E-state index in [-0.39, 0.29) is 34.7 Å². The fourth-order valence-electron chi connectivity index (χ4n) is 5.35. The molecule has 0 fully saturated rings. The summed E-state index contributed by atoms with van der Waals surface area (Å²) < 4.78 is 21.4. The van der Waals surface area contributed by atoms with Gasteiger partial charge in [-0.2, -0.15) is 0 Å². The van der Waals surface area contributed by atoms with E-state index in [2.05, 4.69) is 133 Å². The van der Waals surface area contributed by atoms with Gasteiger partial charge in [-0.25, -0.2) is 0 Å². The van der Waals surface area contributed by atoms with Crippen LogP contribution in [0.3, 0.4) is 0 Å². The molecule has 0 aromatic carbocycles. The Kier molecular flexibility index (Phi) is 11.4. The van der Waals surface area contributed by atoms with Gasteiger partial charge in [0.2, 0.25) is 0 Å². The molecule has 0 atom stereocenters. The van der Waals surface area contributed by atoms with E-state index in [1.54, 1.807) is 3.28 Å². The Labute approximate surface area is 223 Å². The van der Waals surface area contributed by atoms with Crippen molar-refractivity contribution in [2.24, 2.45) is 0 Å². The van der Waals surface area contributed by atoms with Crippen LogP contribution >= 0.6 is 12.4 Å². The van der Waals surface area contributed by atoms with Gasteiger partial charge in [0.1, 0.15) is 0 Å². The molecule has 0 radical (unpaired) electrons. The molecule has 33 heavy (non-hydrogen) atoms. The van der Waals surface area contributed by atoms with Gasteiger partial charge in [-0.3, -0.25) is 0 Å². The van der Waals surface area contributed by atoms with Crippen molar-refractivity contribution in [3.8, 4) is 0 Å². The van der Waals surface area contributed by atoms with Crippen LogP contribution in [0.15, 0.2) is 21.5 Å². The third-order valence-corrected chi connectivity index (χ3v) is 28.9. The fraction of sp³-hybridized carbons (Fsp3) is 0.840. The van der Waals surface area contributed by atoms with E-state index < -0.39 is 39.3 Å². The molecule has 0 unspecified atom stereocenters. The Morgan fingerprint density at radius 2 is 1.03 bits per heavy atom. The second-order valence-electron chi connectivity index (χ2n) is 14.0. The molecule has 0 saturated carbocycles. The quantitative estimate of drug-likeness (QED) is 0.278. The molecule has 0 aliphatic heterocycles. The first kappa shape index (κ1) is 33.9. The first-order chi connectivity index (χ1) is 13.9. The molecule has 0 spiro atoms. The van der Waals surface area contributed by atoms with Crippen LogP contribution in [0.1, 0.15) is 89.5 Å². The number of hydrogen-bond acceptors (Lipinski definition) is 4. The van der Waals surface area contributed by atoms with E-state index >= 15 is 0 Å². The van der Waals surface area contributed by atoms with E-state index in [0.29, 0.717) is 0 Å². The predicted molar refractivity (Wildman–Crippen MR) is 149 cm³/mol. The maximum absolute atomic E-state index is 6.95. The summed E-state index contributed by atoms with van der Waals surface area (Å²) in [7, 11) is -4.47. The zero-order chi connectivity index (χ0) is 25.6. The van der Waals surface area contributed by atoms with Crippen molar-refractivity contribution in [1.29, 1.82) is 0 Å². The van der Waals surface area contributed by atoms with Gasteiger partial charge in [0.25, 0.3) is 0 Å². The first-order valence-corrected chi connectivity index (χ1v) is 21.3. The minimum absolute atomic E-state index is 0. The second-order valence-corrected chi connectivity index (χ2v) is 28.6. The zero-order valence-electron chi connectivity index (χ0n) is 24.6. The molecule has 1 rings (SSSR count). The standard InChI is InChI=1S/2C10H24NOSi.C5H5.ClH.Zr/c2*1-9(2,3)11-13(7,8)12-10(4,5)6;1-2-4-5-3-1;;/h2*1-8H3;1-3H,4H2;1H;/q2*-1;;;+2. The van der Waals surface area contributed by atoms with E-state index in [1.807, 2.05) is 0 Å². The molecule has 0 amide bonds. The van der Waals surface area contributed by atoms with Crippen LogP contribution < -0.4 is 0 Å². The first-order valence-electron chi connectivity index (χ1n) is 12.1. The Bertz CT molecular complexity index is 666. The van der Waals surface area contributed by atoms with Crippen LogP contribution in [0.2, 0.25) is 26.2 Å². The average molecular weight is 598 g/mol. The largest absolute Gasteiger partial charge is 0.147 e. The fourth-order valence-corrected chi connectivity index (χ4v) is 30.8. The Hall–Kier alpha value is 0.927. The summed E-state index contributed by atoms with van der Waals surface area (Å²) in [4.78, 5) is 0. The average Bonchev–Trinajstić information content (AvgIpc) is 2.90. The van der Waals surface area contributed by atoms with Crippen LogP contribution in [0.4, 0.5) is 0 Å². The Balaban J connectivity index is 0.0000102. The van der Waals surface area contributed by atoms with E-state index in [0.717, 1.165) is 6.42 Å². The van der Waals surface area contributed by atoms with Crippen molar-refractivity contribution in [2.75, 3.05) is 0 Å². The molecular formula is C25H54ClN2O2Si2Zr. The van der Waals surface area contributed by atoms with Gasteiger partial charge in [-0.05, 0) is 0 Å². The molecule has 8 heteroatoms. The molecule has 0 bridgehead atoms. The summed E-state index contributed by atoms with van der Waals surface area (Å²) in [6.45, 7) is 37.2. The van der Waals surface area contributed by atoms with E-state index in [9.17, 15) is 0 Å². The van der Waals surface area contributed by atoms with Gasteiger partial charge >= 0.3 is 213 Å². The number of rotatable bonds is 7. The molecule has 0 aromatic heterocycles. The zero-order valence-corrected chi connectivity index (χ0v) is 29.8. The van der Waals surface area contributed by atoms with Crippen LogP contribution in [0.25, 0.3) is 0 Å². The van der Waals surface area contributed by atoms with E-state index in [1.165, 1.54) is 0 Å². The second kappa shape index (κ2) is 11.1. The topological polar surface area (TPSA) is 24.9 Å². The summed E-state index contributed by atoms with van der Waals surface area (Å²) in [5, 5.41) is 0. The molecule has 195 valence electrons. The number of halogens is 1. The maximum Gasteiger partial charge on any atom is -0.147 e. The third-order valence-electron chi connectivity index (χ3n) is 5.01. The van der Waals surface area contributed by atoms with Crippen molar-refractivity contribution in [3.63, 3.8) is 0 Å². The summed E-state index contributed by atoms with van der Waals surface area (Å²) in [6.07, 6.45) is 8.06. The smallest absolute Gasteiger partial charge is 0.147 e. The van der Waals surface area contributed by atoms with Crippen molar-refractivity contribution in [1.82, 2.24) is 5.02 Å². The predicted octanol–water partition coefficient (Wildman–Crippen LogP) is 7.94. The van der Waals surface area contributed by atoms with Gasteiger partial charge < -0.3 is 0 Å². The van der Waals surface area contributed by atoms with Gasteiger partial charge in [0, 0.05) is 0 Å². The summed E-state index contributed by atoms with van der Waals surface area (Å²) in [5.74, 6) is 0. The normalized spacial score (nSPS) is 16.4. The van der Waals surface area contributed by atoms with Crippen LogP contribution in [-0.2, 0) is 31.2 Å². The molecule has 4 nitrogen and oxygen atoms in total. The molecule has 1 aliphatic carbocycles. The van der Waals surface area contributed by atoms with Crippen molar-refractivity contribution in [3.05, 3.63) is 21.5 Å². The summed E-state index contributed by atoms with van der Waals surface area (Å²) in [6, 6.07) is 0. The van der Waals surface area contributed by atoms with Crippen molar-refractivity contribution < 1.29 is 31.2 Å². The minimum Gasteiger partial charge on any atom is -0.147 e. The SMILES string of the molecule is CC(C)(C)O[Si](C)(C)[N]([Zr]([C]1=CC=CC1)[N](C(C)(C)C)[Si](C)(C)OC(C)(C)C)C(C)(C)C.Cl. The third kappa shape index (κ3) is 10.1. The van der Waals surface area contributed by atoms with Gasteiger partial charge in [-0.1, -0.05) is 0 Å². The molecule has 1 aliphatic rings. The van der Waals surface area contributed by atoms with Crippen LogP contribution in [-0.4, -0.2) is 44.3 Å². The molecular weight excluding hydrogens is 543 g/mol. The van der Waals surface area contributed by atoms with E-state index in [4.69, 9.17) is 8.85 Å².